The predicted octanol–water partition coefficient (Wildman–Crippen LogP) is 5.71. The van der Waals surface area contributed by atoms with Crippen molar-refractivity contribution >= 4 is 56.7 Å². The fourth-order valence-electron chi connectivity index (χ4n) is 2.42. The molecule has 0 saturated carbocycles. The van der Waals surface area contributed by atoms with Gasteiger partial charge in [0.1, 0.15) is 5.75 Å². The van der Waals surface area contributed by atoms with Crippen molar-refractivity contribution in [1.82, 2.24) is 0 Å². The van der Waals surface area contributed by atoms with Crippen LogP contribution in [0.1, 0.15) is 24.0 Å². The molecule has 0 saturated heterocycles. The van der Waals surface area contributed by atoms with Gasteiger partial charge in [0.2, 0.25) is 0 Å². The van der Waals surface area contributed by atoms with E-state index in [0.717, 1.165) is 15.6 Å². The maximum atomic E-state index is 12.0. The van der Waals surface area contributed by atoms with E-state index in [0.29, 0.717) is 34.5 Å². The summed E-state index contributed by atoms with van der Waals surface area (Å²) in [6, 6.07) is 8.61. The Hall–Kier alpha value is -1.76. The Morgan fingerprint density at radius 2 is 1.79 bits per heavy atom. The van der Waals surface area contributed by atoms with Gasteiger partial charge in [-0.25, -0.2) is 0 Å². The van der Waals surface area contributed by atoms with Gasteiger partial charge in [-0.05, 0) is 61.7 Å². The van der Waals surface area contributed by atoms with E-state index in [1.54, 1.807) is 18.2 Å². The van der Waals surface area contributed by atoms with Crippen LogP contribution in [-0.4, -0.2) is 25.1 Å². The summed E-state index contributed by atoms with van der Waals surface area (Å²) < 4.78 is 11.5. The fourth-order valence-corrected chi connectivity index (χ4v) is 3.12. The molecule has 0 aromatic heterocycles. The average molecular weight is 489 g/mol. The molecule has 0 unspecified atom stereocenters. The van der Waals surface area contributed by atoms with Crippen LogP contribution >= 0.6 is 39.1 Å². The lowest BCUT2D eigenvalue weighted by molar-refractivity contribution is -0.147. The van der Waals surface area contributed by atoms with Gasteiger partial charge in [-0.1, -0.05) is 39.1 Å². The van der Waals surface area contributed by atoms with Crippen molar-refractivity contribution in [3.8, 4) is 5.75 Å². The number of rotatable bonds is 8. The van der Waals surface area contributed by atoms with Crippen molar-refractivity contribution in [3.05, 3.63) is 56.0 Å². The Labute approximate surface area is 182 Å². The predicted molar refractivity (Wildman–Crippen MR) is 114 cm³/mol. The first-order chi connectivity index (χ1) is 13.3. The van der Waals surface area contributed by atoms with Gasteiger partial charge >= 0.3 is 5.97 Å². The lowest BCUT2D eigenvalue weighted by atomic mass is 10.1. The smallest absolute Gasteiger partial charge is 0.306 e. The minimum absolute atomic E-state index is 0.134. The number of halogens is 3. The van der Waals surface area contributed by atoms with Crippen molar-refractivity contribution in [1.29, 1.82) is 0 Å². The van der Waals surface area contributed by atoms with E-state index in [1.165, 1.54) is 0 Å². The molecule has 2 aromatic rings. The van der Waals surface area contributed by atoms with Gasteiger partial charge in [0, 0.05) is 21.6 Å². The second-order valence-corrected chi connectivity index (χ2v) is 7.80. The summed E-state index contributed by atoms with van der Waals surface area (Å²) in [5.74, 6) is -0.360. The summed E-state index contributed by atoms with van der Waals surface area (Å²) in [5, 5.41) is 3.65. The molecule has 0 aliphatic carbocycles. The van der Waals surface area contributed by atoms with Crippen LogP contribution < -0.4 is 10.1 Å². The summed E-state index contributed by atoms with van der Waals surface area (Å²) in [5.41, 5.74) is 2.67. The molecule has 0 atom stereocenters. The van der Waals surface area contributed by atoms with Gasteiger partial charge in [-0.3, -0.25) is 9.59 Å². The minimum atomic E-state index is -0.468. The van der Waals surface area contributed by atoms with E-state index in [9.17, 15) is 9.59 Å². The van der Waals surface area contributed by atoms with E-state index in [2.05, 4.69) is 21.2 Å². The quantitative estimate of drug-likeness (QED) is 0.381. The molecule has 150 valence electrons. The maximum absolute atomic E-state index is 12.0. The number of carbonyl (C=O) groups is 2. The van der Waals surface area contributed by atoms with E-state index < -0.39 is 11.9 Å². The molecule has 0 heterocycles. The first kappa shape index (κ1) is 22.5. The monoisotopic (exact) mass is 487 g/mol. The Morgan fingerprint density at radius 1 is 1.11 bits per heavy atom. The summed E-state index contributed by atoms with van der Waals surface area (Å²) in [6.07, 6.45) is 0.569. The highest BCUT2D eigenvalue weighted by Gasteiger charge is 2.10. The van der Waals surface area contributed by atoms with Crippen molar-refractivity contribution in [2.75, 3.05) is 18.5 Å². The third-order valence-electron chi connectivity index (χ3n) is 3.76. The fraction of sp³-hybridized carbons (Fsp3) is 0.300. The highest BCUT2D eigenvalue weighted by molar-refractivity contribution is 9.10. The molecule has 0 radical (unpaired) electrons. The molecule has 1 N–H and O–H groups in total. The molecule has 0 spiro atoms. The number of ether oxygens (including phenoxy) is 2. The molecule has 1 amide bonds. The molecule has 2 aromatic carbocycles. The number of amides is 1. The number of hydrogen-bond acceptors (Lipinski definition) is 4. The summed E-state index contributed by atoms with van der Waals surface area (Å²) in [4.78, 5) is 23.7. The van der Waals surface area contributed by atoms with Crippen LogP contribution in [0.4, 0.5) is 5.69 Å². The average Bonchev–Trinajstić information content (AvgIpc) is 2.63. The SMILES string of the molecule is Cc1cc(NC(=O)COC(=O)CCCOc2ccc(Cl)cc2Cl)cc(C)c1Br. The van der Waals surface area contributed by atoms with E-state index in [1.807, 2.05) is 26.0 Å². The normalized spacial score (nSPS) is 10.5. The van der Waals surface area contributed by atoms with E-state index in [4.69, 9.17) is 32.7 Å². The number of aryl methyl sites for hydroxylation is 2. The zero-order valence-electron chi connectivity index (χ0n) is 15.5. The standard InChI is InChI=1S/C20H20BrCl2NO4/c1-12-8-15(9-13(2)20(12)21)24-18(25)11-28-19(26)4-3-7-27-17-6-5-14(22)10-16(17)23/h5-6,8-10H,3-4,7,11H2,1-2H3,(H,24,25). The summed E-state index contributed by atoms with van der Waals surface area (Å²) in [6.45, 7) is 3.83. The Bertz CT molecular complexity index is 850. The van der Waals surface area contributed by atoms with Gasteiger partial charge in [-0.2, -0.15) is 0 Å². The number of esters is 1. The molecular weight excluding hydrogens is 469 g/mol. The molecule has 28 heavy (non-hydrogen) atoms. The molecule has 0 fully saturated rings. The molecule has 5 nitrogen and oxygen atoms in total. The lowest BCUT2D eigenvalue weighted by Gasteiger charge is -2.10. The topological polar surface area (TPSA) is 64.6 Å². The molecule has 2 rings (SSSR count). The highest BCUT2D eigenvalue weighted by atomic mass is 79.9. The van der Waals surface area contributed by atoms with Crippen LogP contribution in [0.3, 0.4) is 0 Å². The third-order valence-corrected chi connectivity index (χ3v) is 5.54. The van der Waals surface area contributed by atoms with Crippen LogP contribution in [0.15, 0.2) is 34.8 Å². The third kappa shape index (κ3) is 7.00. The number of anilines is 1. The van der Waals surface area contributed by atoms with Crippen molar-refractivity contribution < 1.29 is 19.1 Å². The first-order valence-electron chi connectivity index (χ1n) is 8.56. The van der Waals surface area contributed by atoms with Crippen LogP contribution in [0, 0.1) is 13.8 Å². The van der Waals surface area contributed by atoms with Gasteiger partial charge in [0.15, 0.2) is 6.61 Å². The molecule has 0 aliphatic heterocycles. The zero-order chi connectivity index (χ0) is 20.7. The van der Waals surface area contributed by atoms with Gasteiger partial charge < -0.3 is 14.8 Å². The molecular formula is C20H20BrCl2NO4. The highest BCUT2D eigenvalue weighted by Crippen LogP contribution is 2.27. The van der Waals surface area contributed by atoms with E-state index in [-0.39, 0.29) is 13.0 Å². The van der Waals surface area contributed by atoms with Crippen LogP contribution in [0.2, 0.25) is 10.0 Å². The number of carbonyl (C=O) groups excluding carboxylic acids is 2. The lowest BCUT2D eigenvalue weighted by Crippen LogP contribution is -2.21. The van der Waals surface area contributed by atoms with Gasteiger partial charge in [0.05, 0.1) is 11.6 Å². The van der Waals surface area contributed by atoms with Crippen LogP contribution in [0.5, 0.6) is 5.75 Å². The van der Waals surface area contributed by atoms with Crippen LogP contribution in [0.25, 0.3) is 0 Å². The minimum Gasteiger partial charge on any atom is -0.492 e. The maximum Gasteiger partial charge on any atom is 0.306 e. The number of nitrogens with one attached hydrogen (secondary N) is 1. The number of hydrogen-bond donors (Lipinski definition) is 1. The zero-order valence-corrected chi connectivity index (χ0v) is 18.6. The Balaban J connectivity index is 1.68. The Kier molecular flexibility index (Phi) is 8.60. The second-order valence-electron chi connectivity index (χ2n) is 6.16. The molecule has 0 bridgehead atoms. The largest absolute Gasteiger partial charge is 0.492 e. The van der Waals surface area contributed by atoms with Crippen molar-refractivity contribution in [2.24, 2.45) is 0 Å². The summed E-state index contributed by atoms with van der Waals surface area (Å²) in [7, 11) is 0. The van der Waals surface area contributed by atoms with E-state index >= 15 is 0 Å². The van der Waals surface area contributed by atoms with Gasteiger partial charge in [0.25, 0.3) is 5.91 Å². The van der Waals surface area contributed by atoms with Crippen LogP contribution in [-0.2, 0) is 14.3 Å². The second kappa shape index (κ2) is 10.7. The van der Waals surface area contributed by atoms with Crippen molar-refractivity contribution in [2.45, 2.75) is 26.7 Å². The van der Waals surface area contributed by atoms with Gasteiger partial charge in [-0.15, -0.1) is 0 Å². The molecule has 0 aliphatic rings. The number of benzene rings is 2. The van der Waals surface area contributed by atoms with Crippen molar-refractivity contribution in [3.63, 3.8) is 0 Å². The summed E-state index contributed by atoms with van der Waals surface area (Å²) >= 11 is 15.3. The molecule has 8 heteroatoms. The Morgan fingerprint density at radius 3 is 2.43 bits per heavy atom. The first-order valence-corrected chi connectivity index (χ1v) is 10.1.